The van der Waals surface area contributed by atoms with E-state index in [4.69, 9.17) is 62.6 Å². The van der Waals surface area contributed by atoms with E-state index < -0.39 is 242 Å². The summed E-state index contributed by atoms with van der Waals surface area (Å²) in [5.74, 6) is -0.997. The van der Waals surface area contributed by atoms with Gasteiger partial charge in [-0.3, -0.25) is 29.4 Å². The van der Waals surface area contributed by atoms with Crippen LogP contribution in [-0.4, -0.2) is 388 Å². The summed E-state index contributed by atoms with van der Waals surface area (Å²) in [5, 5.41) is 207. The Morgan fingerprint density at radius 1 is 0.392 bits per heavy atom. The number of hydrogen-bond donors (Lipinski definition) is 24. The van der Waals surface area contributed by atoms with Gasteiger partial charge in [-0.05, 0) is 52.0 Å². The Bertz CT molecular complexity index is 2450. The summed E-state index contributed by atoms with van der Waals surface area (Å²) < 4.78 is 66.3. The second kappa shape index (κ2) is 44.8. The van der Waals surface area contributed by atoms with E-state index in [2.05, 4.69) is 16.2 Å². The number of carbonyl (C=O) groups is 5. The number of aliphatic hydroxyl groups excluding tert-OH is 20. The van der Waals surface area contributed by atoms with Crippen LogP contribution in [0.2, 0.25) is 0 Å². The first-order chi connectivity index (χ1) is 48.5. The molecule has 6 saturated heterocycles. The van der Waals surface area contributed by atoms with Crippen molar-refractivity contribution in [3.05, 3.63) is 0 Å². The number of carbonyl (C=O) groups excluding carboxylic acids is 5. The Morgan fingerprint density at radius 2 is 0.755 bits per heavy atom. The highest BCUT2D eigenvalue weighted by Crippen LogP contribution is 2.34. The molecule has 6 fully saturated rings. The van der Waals surface area contributed by atoms with Crippen molar-refractivity contribution in [1.29, 1.82) is 0 Å². The molecule has 41 heteroatoms. The van der Waals surface area contributed by atoms with Gasteiger partial charge in [0.1, 0.15) is 164 Å². The maximum absolute atomic E-state index is 12.4. The third-order valence-electron chi connectivity index (χ3n) is 17.8. The number of nitrogens with two attached hydrogens (primary N) is 1. The molecule has 31 atom stereocenters. The molecule has 6 heterocycles. The minimum atomic E-state index is -1.91. The normalized spacial score (nSPS) is 39.0. The maximum atomic E-state index is 12.4. The van der Waals surface area contributed by atoms with Crippen LogP contribution >= 0.6 is 0 Å². The van der Waals surface area contributed by atoms with Crippen molar-refractivity contribution in [3.8, 4) is 0 Å². The van der Waals surface area contributed by atoms with E-state index in [0.717, 1.165) is 12.8 Å². The summed E-state index contributed by atoms with van der Waals surface area (Å²) in [4.78, 5) is 60.3. The van der Waals surface area contributed by atoms with E-state index >= 15 is 0 Å². The van der Waals surface area contributed by atoms with E-state index in [1.54, 1.807) is 0 Å². The van der Waals surface area contributed by atoms with E-state index in [0.29, 0.717) is 38.6 Å². The number of Topliss-reactive ketones (excluding diaryl/α,β-unsaturated/α-hetero) is 3. The van der Waals surface area contributed by atoms with Crippen LogP contribution in [0.5, 0.6) is 0 Å². The lowest BCUT2D eigenvalue weighted by atomic mass is 9.96. The van der Waals surface area contributed by atoms with Crippen LogP contribution in [0.25, 0.3) is 0 Å². The molecule has 25 N–H and O–H groups in total. The molecule has 0 spiro atoms. The summed E-state index contributed by atoms with van der Waals surface area (Å²) in [7, 11) is 0. The fourth-order valence-electron chi connectivity index (χ4n) is 11.6. The lowest BCUT2D eigenvalue weighted by Gasteiger charge is -2.46. The third kappa shape index (κ3) is 25.6. The Labute approximate surface area is 586 Å². The number of hydrogen-bond acceptors (Lipinski definition) is 39. The predicted octanol–water partition coefficient (Wildman–Crippen LogP) is -12.2. The second-order valence-corrected chi connectivity index (χ2v) is 25.6. The minimum absolute atomic E-state index is 0.0167. The molecule has 2 amide bonds. The zero-order valence-electron chi connectivity index (χ0n) is 56.6. The molecular formula is C61H108N4O37. The molecule has 0 saturated carbocycles. The second-order valence-electron chi connectivity index (χ2n) is 25.6. The maximum Gasteiger partial charge on any atom is 0.234 e. The van der Waals surface area contributed by atoms with E-state index in [-0.39, 0.29) is 75.6 Å². The lowest BCUT2D eigenvalue weighted by molar-refractivity contribution is -0.366. The summed E-state index contributed by atoms with van der Waals surface area (Å²) in [6.07, 6.45) is -45.5. The molecule has 102 heavy (non-hydrogen) atoms. The Hall–Kier alpha value is -3.41. The number of ketones is 3. The van der Waals surface area contributed by atoms with Crippen molar-refractivity contribution < 1.29 is 183 Å². The topological polar surface area (TPSA) is 663 Å². The Morgan fingerprint density at radius 3 is 1.17 bits per heavy atom. The monoisotopic (exact) mass is 1490 g/mol. The Balaban J connectivity index is 0.000000372. The summed E-state index contributed by atoms with van der Waals surface area (Å²) in [6, 6.07) is -0.562. The van der Waals surface area contributed by atoms with Gasteiger partial charge in [0.05, 0.1) is 58.9 Å². The lowest BCUT2D eigenvalue weighted by Crippen LogP contribution is -2.65. The standard InChI is InChI=1S/C32H58N4O19.C29H50O18/c1-14(39)15(5-2-3-8-33)35-36-20(41)7-4-6-19(40)34-9-10-50-31-28(49)29(55-32-27(48)25(46)22(43)17(12-38)53-32)23(44)18(54-31)13-51-30-26(47)24(45)21(42)16(11-37)52-30;1-2-5-13(32)6-3-7-14(33)8-4-9-42-28-25(41)26(47-29-24(40)22(38)19(35)16(11-31)45-29)20(36)17(46-28)12-43-27-23(39)21(37)18(34)15(10-30)44-27/h15-18,21-32,35,37-38,42-49H,2-13,33H2,1H3,(H,34,40)(H,36,41);15-31,34-41H,2-12H2,1H3/t15-,16+,17+,18+,21+,22+,23+,24-,25-,26-,27-,28-,29-,30-,31+,32+;15-,16-,17-,18-,19-,20-,21+,22+,23+,24+,25+,26+,27+,28-,29-/m01/s1. The zero-order valence-corrected chi connectivity index (χ0v) is 56.6. The number of unbranched alkanes of at least 4 members (excludes halogenated alkanes) is 1. The average Bonchev–Trinajstić information content (AvgIpc) is 0.792. The Kier molecular flexibility index (Phi) is 39.2. The number of amides is 2. The molecule has 6 rings (SSSR count). The van der Waals surface area contributed by atoms with Crippen LogP contribution in [0, 0.1) is 0 Å². The predicted molar refractivity (Wildman–Crippen MR) is 333 cm³/mol. The van der Waals surface area contributed by atoms with Crippen LogP contribution in [-0.2, 0) is 80.8 Å². The molecule has 0 aromatic heterocycles. The van der Waals surface area contributed by atoms with Crippen LogP contribution in [0.3, 0.4) is 0 Å². The highest BCUT2D eigenvalue weighted by atomic mass is 16.8. The van der Waals surface area contributed by atoms with Gasteiger partial charge in [0.25, 0.3) is 0 Å². The van der Waals surface area contributed by atoms with E-state index in [9.17, 15) is 126 Å². The van der Waals surface area contributed by atoms with E-state index in [1.807, 2.05) is 6.92 Å². The molecule has 6 aliphatic heterocycles. The molecule has 0 aliphatic carbocycles. The smallest absolute Gasteiger partial charge is 0.234 e. The van der Waals surface area contributed by atoms with Crippen LogP contribution in [0.1, 0.15) is 97.3 Å². The van der Waals surface area contributed by atoms with Crippen LogP contribution in [0.15, 0.2) is 0 Å². The average molecular weight is 1490 g/mol. The number of aliphatic hydroxyl groups is 20. The molecule has 0 aromatic rings. The van der Waals surface area contributed by atoms with Crippen molar-refractivity contribution in [2.45, 2.75) is 288 Å². The van der Waals surface area contributed by atoms with Crippen molar-refractivity contribution in [1.82, 2.24) is 16.2 Å². The van der Waals surface area contributed by atoms with Gasteiger partial charge in [0.2, 0.25) is 11.8 Å². The van der Waals surface area contributed by atoms with Gasteiger partial charge in [0, 0.05) is 45.1 Å². The molecule has 41 nitrogen and oxygen atoms in total. The molecule has 0 radical (unpaired) electrons. The molecule has 0 unspecified atom stereocenters. The van der Waals surface area contributed by atoms with Crippen LogP contribution < -0.4 is 21.9 Å². The van der Waals surface area contributed by atoms with Crippen molar-refractivity contribution in [2.24, 2.45) is 5.73 Å². The summed E-state index contributed by atoms with van der Waals surface area (Å²) in [5.41, 5.74) is 10.6. The van der Waals surface area contributed by atoms with Crippen molar-refractivity contribution in [2.75, 3.05) is 65.9 Å². The van der Waals surface area contributed by atoms with Gasteiger partial charge in [0.15, 0.2) is 37.7 Å². The van der Waals surface area contributed by atoms with Crippen molar-refractivity contribution in [3.63, 3.8) is 0 Å². The highest BCUT2D eigenvalue weighted by molar-refractivity contribution is 5.83. The molecule has 594 valence electrons. The van der Waals surface area contributed by atoms with Gasteiger partial charge in [-0.1, -0.05) is 13.3 Å². The van der Waals surface area contributed by atoms with Gasteiger partial charge in [-0.2, -0.15) is 0 Å². The summed E-state index contributed by atoms with van der Waals surface area (Å²) in [6.45, 7) is -0.971. The SMILES string of the molecule is CC(=O)[C@H](CCCCN)NNC(=O)CCCC(=O)NCCO[C@@H]1O[C@H](CO[C@H]2O[C@H](CO)[C@@H](O)[C@H](O)[C@@H]2O)[C@@H](O)[C@H](O[C@H]2O[C@H](CO)[C@@H](O)[C@H](O)[C@@H]2O)[C@@H]1O.CCCC(=O)CCCC(=O)CCCO[C@@H]1O[C@H](CO[C@H]2O[C@H](CO)[C@@H](O)[C@H](O)[C@@H]2O)[C@@H](O)[C@H](O[C@H]2O[C@H](CO)[C@@H](O)[C@H](O)[C@@H]2O)[C@@H]1O. The molecular weight excluding hydrogens is 1380 g/mol. The first-order valence-electron chi connectivity index (χ1n) is 34.1. The highest BCUT2D eigenvalue weighted by Gasteiger charge is 2.55. The van der Waals surface area contributed by atoms with Crippen LogP contribution in [0.4, 0.5) is 0 Å². The van der Waals surface area contributed by atoms with E-state index in [1.165, 1.54) is 6.92 Å². The number of nitrogens with one attached hydrogen (secondary N) is 3. The first-order valence-corrected chi connectivity index (χ1v) is 34.1. The van der Waals surface area contributed by atoms with Gasteiger partial charge in [-0.15, -0.1) is 0 Å². The first kappa shape index (κ1) is 89.2. The number of ether oxygens (including phenoxy) is 12. The zero-order chi connectivity index (χ0) is 75.7. The minimum Gasteiger partial charge on any atom is -0.394 e. The molecule has 0 aromatic carbocycles. The fourth-order valence-corrected chi connectivity index (χ4v) is 11.6. The number of rotatable bonds is 40. The molecule has 0 bridgehead atoms. The fraction of sp³-hybridized carbons (Fsp3) is 0.918. The third-order valence-corrected chi connectivity index (χ3v) is 17.8. The van der Waals surface area contributed by atoms with Crippen molar-refractivity contribution >= 4 is 29.2 Å². The summed E-state index contributed by atoms with van der Waals surface area (Å²) >= 11 is 0. The van der Waals surface area contributed by atoms with Gasteiger partial charge in [-0.25, -0.2) is 5.43 Å². The van der Waals surface area contributed by atoms with Gasteiger partial charge < -0.3 is 170 Å². The van der Waals surface area contributed by atoms with Gasteiger partial charge >= 0.3 is 0 Å². The number of hydrazine groups is 1. The molecule has 6 aliphatic rings. The largest absolute Gasteiger partial charge is 0.394 e. The quantitative estimate of drug-likeness (QED) is 0.0200.